The van der Waals surface area contributed by atoms with Gasteiger partial charge in [0.15, 0.2) is 0 Å². The maximum Gasteiger partial charge on any atom is 0.335 e. The van der Waals surface area contributed by atoms with E-state index in [2.05, 4.69) is 28.4 Å². The summed E-state index contributed by atoms with van der Waals surface area (Å²) in [6, 6.07) is 8.56. The maximum absolute atomic E-state index is 13.1. The van der Waals surface area contributed by atoms with Crippen LogP contribution in [-0.4, -0.2) is 49.2 Å². The predicted molar refractivity (Wildman–Crippen MR) is 122 cm³/mol. The zero-order valence-corrected chi connectivity index (χ0v) is 19.4. The van der Waals surface area contributed by atoms with Crippen LogP contribution in [0.1, 0.15) is 52.0 Å². The minimum atomic E-state index is -0.355. The SMILES string of the molecule is COC(=O)C1=C2Nc3ccccc3C23CCN2CCCC(C(C)OC(=O)C=C(C)C)(C1)C23. The number of ether oxygens (including phenoxy) is 2. The van der Waals surface area contributed by atoms with Gasteiger partial charge in [-0.2, -0.15) is 0 Å². The lowest BCUT2D eigenvalue weighted by molar-refractivity contribution is -0.158. The van der Waals surface area contributed by atoms with Crippen LogP contribution < -0.4 is 5.32 Å². The molecule has 1 spiro atoms. The van der Waals surface area contributed by atoms with Crippen LogP contribution in [0.5, 0.6) is 0 Å². The predicted octanol–water partition coefficient (Wildman–Crippen LogP) is 3.93. The van der Waals surface area contributed by atoms with Crippen molar-refractivity contribution in [3.8, 4) is 0 Å². The Hall–Kier alpha value is -2.60. The second-order valence-electron chi connectivity index (χ2n) is 9.99. The molecule has 6 heteroatoms. The fourth-order valence-electron chi connectivity index (χ4n) is 7.02. The second kappa shape index (κ2) is 7.48. The highest BCUT2D eigenvalue weighted by Gasteiger charge is 2.68. The molecule has 1 aromatic carbocycles. The molecule has 6 nitrogen and oxygen atoms in total. The molecule has 3 aliphatic heterocycles. The average Bonchev–Trinajstić information content (AvgIpc) is 3.32. The minimum absolute atomic E-state index is 0.165. The molecule has 5 rings (SSSR count). The average molecular weight is 437 g/mol. The van der Waals surface area contributed by atoms with Crippen LogP contribution >= 0.6 is 0 Å². The van der Waals surface area contributed by atoms with Gasteiger partial charge in [0.2, 0.25) is 0 Å². The number of rotatable bonds is 4. The Morgan fingerprint density at radius 3 is 2.75 bits per heavy atom. The first kappa shape index (κ1) is 21.3. The lowest BCUT2D eigenvalue weighted by Crippen LogP contribution is -2.64. The summed E-state index contributed by atoms with van der Waals surface area (Å²) in [5, 5.41) is 3.61. The number of carbonyl (C=O) groups is 2. The number of para-hydroxylation sites is 1. The molecule has 1 aromatic rings. The van der Waals surface area contributed by atoms with Crippen molar-refractivity contribution in [3.05, 3.63) is 52.7 Å². The molecule has 0 bridgehead atoms. The van der Waals surface area contributed by atoms with Crippen LogP contribution in [0.3, 0.4) is 0 Å². The number of carbonyl (C=O) groups excluding carboxylic acids is 2. The number of allylic oxidation sites excluding steroid dienone is 1. The number of nitrogens with zero attached hydrogens (tertiary/aromatic N) is 1. The monoisotopic (exact) mass is 436 g/mol. The van der Waals surface area contributed by atoms with Crippen LogP contribution in [0.4, 0.5) is 5.69 Å². The van der Waals surface area contributed by atoms with Crippen LogP contribution in [-0.2, 0) is 24.5 Å². The number of methoxy groups -OCH3 is 1. The summed E-state index contributed by atoms with van der Waals surface area (Å²) in [6.07, 6.45) is 4.64. The molecule has 4 aliphatic rings. The smallest absolute Gasteiger partial charge is 0.335 e. The third-order valence-electron chi connectivity index (χ3n) is 8.12. The second-order valence-corrected chi connectivity index (χ2v) is 9.99. The molecule has 0 radical (unpaired) electrons. The van der Waals surface area contributed by atoms with Crippen molar-refractivity contribution in [1.82, 2.24) is 4.90 Å². The molecule has 3 heterocycles. The molecule has 1 N–H and O–H groups in total. The van der Waals surface area contributed by atoms with Crippen molar-refractivity contribution in [1.29, 1.82) is 0 Å². The zero-order valence-electron chi connectivity index (χ0n) is 19.4. The van der Waals surface area contributed by atoms with Crippen LogP contribution in [0.25, 0.3) is 0 Å². The van der Waals surface area contributed by atoms with E-state index in [1.807, 2.05) is 26.8 Å². The van der Waals surface area contributed by atoms with Gasteiger partial charge in [-0.3, -0.25) is 4.90 Å². The Morgan fingerprint density at radius 1 is 1.22 bits per heavy atom. The molecule has 32 heavy (non-hydrogen) atoms. The molecule has 1 aliphatic carbocycles. The first-order valence-corrected chi connectivity index (χ1v) is 11.6. The maximum atomic E-state index is 13.1. The van der Waals surface area contributed by atoms with Gasteiger partial charge < -0.3 is 14.8 Å². The number of nitrogens with one attached hydrogen (secondary N) is 1. The van der Waals surface area contributed by atoms with Crippen molar-refractivity contribution in [3.63, 3.8) is 0 Å². The molecule has 0 saturated carbocycles. The van der Waals surface area contributed by atoms with E-state index in [9.17, 15) is 9.59 Å². The third-order valence-corrected chi connectivity index (χ3v) is 8.12. The Balaban J connectivity index is 1.69. The standard InChI is InChI=1S/C26H32N2O4/c1-16(2)14-21(29)32-17(3)25-10-7-12-28-13-11-26(24(25)28)19-8-5-6-9-20(19)27-22(26)18(15-25)23(30)31-4/h5-6,8-9,14,17,24,27H,7,10-13,15H2,1-4H3. The summed E-state index contributed by atoms with van der Waals surface area (Å²) in [7, 11) is 1.45. The molecular weight excluding hydrogens is 404 g/mol. The Bertz CT molecular complexity index is 1040. The third kappa shape index (κ3) is 2.81. The number of fused-ring (bicyclic) bond motifs is 1. The fraction of sp³-hybridized carbons (Fsp3) is 0.538. The Labute approximate surface area is 189 Å². The van der Waals surface area contributed by atoms with Gasteiger partial charge in [-0.1, -0.05) is 23.8 Å². The number of esters is 2. The van der Waals surface area contributed by atoms with Crippen molar-refractivity contribution in [2.24, 2.45) is 5.41 Å². The quantitative estimate of drug-likeness (QED) is 0.570. The lowest BCUT2D eigenvalue weighted by atomic mass is 9.53. The molecule has 4 atom stereocenters. The van der Waals surface area contributed by atoms with Gasteiger partial charge in [0.1, 0.15) is 6.10 Å². The van der Waals surface area contributed by atoms with Crippen LogP contribution in [0.2, 0.25) is 0 Å². The van der Waals surface area contributed by atoms with Gasteiger partial charge >= 0.3 is 11.9 Å². The largest absolute Gasteiger partial charge is 0.466 e. The Morgan fingerprint density at radius 2 is 2.00 bits per heavy atom. The highest BCUT2D eigenvalue weighted by atomic mass is 16.5. The van der Waals surface area contributed by atoms with Crippen molar-refractivity contribution in [2.75, 3.05) is 25.5 Å². The molecule has 0 aromatic heterocycles. The lowest BCUT2D eigenvalue weighted by Gasteiger charge is -2.57. The summed E-state index contributed by atoms with van der Waals surface area (Å²) in [5.74, 6) is -0.597. The number of benzene rings is 1. The summed E-state index contributed by atoms with van der Waals surface area (Å²) in [5.41, 5.74) is 4.27. The van der Waals surface area contributed by atoms with E-state index >= 15 is 0 Å². The molecular formula is C26H32N2O4. The van der Waals surface area contributed by atoms with Gasteiger partial charge in [-0.05, 0) is 71.2 Å². The van der Waals surface area contributed by atoms with Gasteiger partial charge in [-0.25, -0.2) is 9.59 Å². The summed E-state index contributed by atoms with van der Waals surface area (Å²) in [6.45, 7) is 7.80. The number of hydrogen-bond donors (Lipinski definition) is 1. The molecule has 4 unspecified atom stereocenters. The van der Waals surface area contributed by atoms with E-state index in [-0.39, 0.29) is 34.9 Å². The highest BCUT2D eigenvalue weighted by Crippen LogP contribution is 2.65. The number of hydrogen-bond acceptors (Lipinski definition) is 6. The van der Waals surface area contributed by atoms with E-state index < -0.39 is 0 Å². The normalized spacial score (nSPS) is 31.1. The molecule has 170 valence electrons. The summed E-state index contributed by atoms with van der Waals surface area (Å²) < 4.78 is 11.3. The van der Waals surface area contributed by atoms with Gasteiger partial charge in [0.05, 0.1) is 18.1 Å². The van der Waals surface area contributed by atoms with E-state index in [0.717, 1.165) is 49.3 Å². The first-order chi connectivity index (χ1) is 15.3. The van der Waals surface area contributed by atoms with E-state index in [4.69, 9.17) is 9.47 Å². The summed E-state index contributed by atoms with van der Waals surface area (Å²) >= 11 is 0. The number of piperidine rings is 1. The van der Waals surface area contributed by atoms with E-state index in [1.165, 1.54) is 12.7 Å². The van der Waals surface area contributed by atoms with Crippen LogP contribution in [0.15, 0.2) is 47.2 Å². The number of anilines is 1. The minimum Gasteiger partial charge on any atom is -0.466 e. The van der Waals surface area contributed by atoms with Crippen LogP contribution in [0, 0.1) is 5.41 Å². The van der Waals surface area contributed by atoms with E-state index in [0.29, 0.717) is 12.0 Å². The highest BCUT2D eigenvalue weighted by molar-refractivity contribution is 5.93. The van der Waals surface area contributed by atoms with Crippen molar-refractivity contribution < 1.29 is 19.1 Å². The molecule has 2 saturated heterocycles. The summed E-state index contributed by atoms with van der Waals surface area (Å²) in [4.78, 5) is 28.3. The van der Waals surface area contributed by atoms with Gasteiger partial charge in [0, 0.05) is 28.9 Å². The fourth-order valence-corrected chi connectivity index (χ4v) is 7.02. The van der Waals surface area contributed by atoms with E-state index in [1.54, 1.807) is 6.08 Å². The first-order valence-electron chi connectivity index (χ1n) is 11.6. The Kier molecular flexibility index (Phi) is 4.97. The van der Waals surface area contributed by atoms with Gasteiger partial charge in [0.25, 0.3) is 0 Å². The molecule has 2 fully saturated rings. The van der Waals surface area contributed by atoms with Crippen molar-refractivity contribution >= 4 is 17.6 Å². The van der Waals surface area contributed by atoms with Crippen molar-refractivity contribution in [2.45, 2.75) is 64.0 Å². The topological polar surface area (TPSA) is 67.9 Å². The molecule has 0 amide bonds. The van der Waals surface area contributed by atoms with Gasteiger partial charge in [-0.15, -0.1) is 0 Å². The zero-order chi connectivity index (χ0) is 22.7.